The van der Waals surface area contributed by atoms with Crippen LogP contribution in [0.15, 0.2) is 48.7 Å². The summed E-state index contributed by atoms with van der Waals surface area (Å²) < 4.78 is 13.6. The van der Waals surface area contributed by atoms with Gasteiger partial charge in [-0.25, -0.2) is 0 Å². The summed E-state index contributed by atoms with van der Waals surface area (Å²) in [5.41, 5.74) is 2.64. The maximum atomic E-state index is 12.3. The molecule has 1 amide bonds. The maximum absolute atomic E-state index is 12.3. The number of rotatable bonds is 6. The molecule has 3 aromatic rings. The maximum Gasteiger partial charge on any atom is 0.258 e. The highest BCUT2D eigenvalue weighted by Gasteiger charge is 2.32. The molecule has 1 aromatic heterocycles. The molecule has 0 fully saturated rings. The largest absolute Gasteiger partial charge is 0.483 e. The summed E-state index contributed by atoms with van der Waals surface area (Å²) in [5, 5.41) is 14.3. The summed E-state index contributed by atoms with van der Waals surface area (Å²) in [6.45, 7) is 4.03. The third kappa shape index (κ3) is 3.93. The molecule has 0 saturated heterocycles. The van der Waals surface area contributed by atoms with Gasteiger partial charge < -0.3 is 24.5 Å². The zero-order valence-electron chi connectivity index (χ0n) is 16.9. The van der Waals surface area contributed by atoms with Crippen LogP contribution in [0.4, 0.5) is 0 Å². The van der Waals surface area contributed by atoms with Gasteiger partial charge in [0, 0.05) is 48.2 Å². The van der Waals surface area contributed by atoms with E-state index < -0.39 is 6.10 Å². The van der Waals surface area contributed by atoms with Crippen LogP contribution >= 0.6 is 0 Å². The van der Waals surface area contributed by atoms with E-state index in [-0.39, 0.29) is 24.7 Å². The topological polar surface area (TPSA) is 72.7 Å². The van der Waals surface area contributed by atoms with Crippen molar-refractivity contribution >= 4 is 16.8 Å². The third-order valence-corrected chi connectivity index (χ3v) is 5.19. The molecule has 0 bridgehead atoms. The van der Waals surface area contributed by atoms with Crippen LogP contribution in [-0.4, -0.2) is 34.3 Å². The van der Waals surface area contributed by atoms with E-state index in [0.717, 1.165) is 28.5 Å². The first-order valence-electron chi connectivity index (χ1n) is 9.76. The highest BCUT2D eigenvalue weighted by Crippen LogP contribution is 2.41. The summed E-state index contributed by atoms with van der Waals surface area (Å²) in [6.07, 6.45) is 1.91. The lowest BCUT2D eigenvalue weighted by atomic mass is 10.0. The van der Waals surface area contributed by atoms with Gasteiger partial charge in [0.15, 0.2) is 18.1 Å². The van der Waals surface area contributed by atoms with Gasteiger partial charge in [0.2, 0.25) is 0 Å². The Morgan fingerprint density at radius 1 is 1.28 bits per heavy atom. The smallest absolute Gasteiger partial charge is 0.258 e. The van der Waals surface area contributed by atoms with Crippen molar-refractivity contribution < 1.29 is 19.4 Å². The number of carbonyl (C=O) groups excluding carboxylic acids is 1. The fourth-order valence-electron chi connectivity index (χ4n) is 3.85. The van der Waals surface area contributed by atoms with E-state index in [0.29, 0.717) is 11.5 Å². The van der Waals surface area contributed by atoms with Crippen molar-refractivity contribution in [1.82, 2.24) is 9.88 Å². The van der Waals surface area contributed by atoms with E-state index in [2.05, 4.69) is 5.32 Å². The van der Waals surface area contributed by atoms with Gasteiger partial charge in [0.1, 0.15) is 5.60 Å². The van der Waals surface area contributed by atoms with Crippen molar-refractivity contribution in [3.63, 3.8) is 0 Å². The number of nitrogens with zero attached hydrogens (tertiary/aromatic N) is 1. The fourth-order valence-corrected chi connectivity index (χ4v) is 3.85. The molecule has 6 heteroatoms. The van der Waals surface area contributed by atoms with E-state index in [1.54, 1.807) is 6.07 Å². The van der Waals surface area contributed by atoms with Crippen molar-refractivity contribution in [2.75, 3.05) is 13.2 Å². The minimum absolute atomic E-state index is 0.118. The molecule has 0 spiro atoms. The first kappa shape index (κ1) is 19.3. The molecule has 6 nitrogen and oxygen atoms in total. The second kappa shape index (κ2) is 7.44. The molecule has 29 heavy (non-hydrogen) atoms. The predicted molar refractivity (Wildman–Crippen MR) is 111 cm³/mol. The summed E-state index contributed by atoms with van der Waals surface area (Å²) in [4.78, 5) is 12.3. The monoisotopic (exact) mass is 394 g/mol. The number of aromatic nitrogens is 1. The van der Waals surface area contributed by atoms with E-state index >= 15 is 0 Å². The molecule has 0 radical (unpaired) electrons. The molecule has 1 aliphatic rings. The van der Waals surface area contributed by atoms with Gasteiger partial charge in [0.05, 0.1) is 6.10 Å². The van der Waals surface area contributed by atoms with E-state index in [1.807, 2.05) is 68.1 Å². The normalized spacial score (nSPS) is 15.6. The molecule has 0 saturated carbocycles. The average Bonchev–Trinajstić information content (AvgIpc) is 3.20. The van der Waals surface area contributed by atoms with Crippen LogP contribution < -0.4 is 14.8 Å². The number of carbonyl (C=O) groups is 1. The fraction of sp³-hybridized carbons (Fsp3) is 0.348. The minimum Gasteiger partial charge on any atom is -0.483 e. The van der Waals surface area contributed by atoms with Crippen molar-refractivity contribution in [3.8, 4) is 11.5 Å². The SMILES string of the molecule is Cn1cc(C(O)CNC(=O)COc2cccc3c2OC(C)(C)C3)c2ccccc21. The molecule has 1 aliphatic heterocycles. The van der Waals surface area contributed by atoms with Gasteiger partial charge >= 0.3 is 0 Å². The lowest BCUT2D eigenvalue weighted by Crippen LogP contribution is -2.32. The molecule has 2 aromatic carbocycles. The van der Waals surface area contributed by atoms with Crippen LogP contribution in [0, 0.1) is 0 Å². The number of fused-ring (bicyclic) bond motifs is 2. The van der Waals surface area contributed by atoms with E-state index in [9.17, 15) is 9.90 Å². The van der Waals surface area contributed by atoms with Gasteiger partial charge in [-0.3, -0.25) is 4.79 Å². The van der Waals surface area contributed by atoms with Crippen LogP contribution in [0.2, 0.25) is 0 Å². The van der Waals surface area contributed by atoms with Crippen LogP contribution in [0.1, 0.15) is 31.1 Å². The van der Waals surface area contributed by atoms with Gasteiger partial charge in [0.25, 0.3) is 5.91 Å². The first-order valence-corrected chi connectivity index (χ1v) is 9.76. The number of amides is 1. The number of nitrogens with one attached hydrogen (secondary N) is 1. The highest BCUT2D eigenvalue weighted by atomic mass is 16.5. The molecule has 2 heterocycles. The zero-order chi connectivity index (χ0) is 20.6. The average molecular weight is 394 g/mol. The van der Waals surface area contributed by atoms with E-state index in [4.69, 9.17) is 9.47 Å². The Kier molecular flexibility index (Phi) is 4.96. The second-order valence-electron chi connectivity index (χ2n) is 8.10. The lowest BCUT2D eigenvalue weighted by Gasteiger charge is -2.18. The van der Waals surface area contributed by atoms with Crippen molar-refractivity contribution in [3.05, 3.63) is 59.8 Å². The third-order valence-electron chi connectivity index (χ3n) is 5.19. The van der Waals surface area contributed by atoms with Crippen LogP contribution in [0.25, 0.3) is 10.9 Å². The minimum atomic E-state index is -0.796. The summed E-state index contributed by atoms with van der Waals surface area (Å²) in [5.74, 6) is 0.984. The molecule has 4 rings (SSSR count). The Bertz CT molecular complexity index is 1050. The quantitative estimate of drug-likeness (QED) is 0.674. The predicted octanol–water partition coefficient (Wildman–Crippen LogP) is 3.12. The van der Waals surface area contributed by atoms with Crippen molar-refractivity contribution in [1.29, 1.82) is 0 Å². The Morgan fingerprint density at radius 2 is 2.07 bits per heavy atom. The number of para-hydroxylation sites is 2. The number of hydrogen-bond donors (Lipinski definition) is 2. The van der Waals surface area contributed by atoms with Crippen LogP contribution in [0.3, 0.4) is 0 Å². The number of aryl methyl sites for hydroxylation is 1. The van der Waals surface area contributed by atoms with Gasteiger partial charge in [-0.15, -0.1) is 0 Å². The highest BCUT2D eigenvalue weighted by molar-refractivity contribution is 5.84. The Labute approximate surface area is 170 Å². The van der Waals surface area contributed by atoms with Gasteiger partial charge in [-0.1, -0.05) is 30.3 Å². The molecular formula is C23H26N2O4. The number of hydrogen-bond acceptors (Lipinski definition) is 4. The van der Waals surface area contributed by atoms with Crippen LogP contribution in [0.5, 0.6) is 11.5 Å². The van der Waals surface area contributed by atoms with E-state index in [1.165, 1.54) is 0 Å². The number of benzene rings is 2. The Hall–Kier alpha value is -2.99. The number of aliphatic hydroxyl groups excluding tert-OH is 1. The van der Waals surface area contributed by atoms with Crippen LogP contribution in [-0.2, 0) is 18.3 Å². The standard InChI is InChI=1S/C23H26N2O4/c1-23(2)11-15-7-6-10-20(22(15)29-23)28-14-21(27)24-12-19(26)17-13-25(3)18-9-5-4-8-16(17)18/h4-10,13,19,26H,11-12,14H2,1-3H3,(H,24,27). The second-order valence-corrected chi connectivity index (χ2v) is 8.10. The zero-order valence-corrected chi connectivity index (χ0v) is 16.9. The van der Waals surface area contributed by atoms with Crippen molar-refractivity contribution in [2.24, 2.45) is 7.05 Å². The molecule has 1 unspecified atom stereocenters. The summed E-state index contributed by atoms with van der Waals surface area (Å²) in [7, 11) is 1.94. The lowest BCUT2D eigenvalue weighted by molar-refractivity contribution is -0.123. The molecule has 0 aliphatic carbocycles. The summed E-state index contributed by atoms with van der Waals surface area (Å²) >= 11 is 0. The molecule has 152 valence electrons. The molecular weight excluding hydrogens is 368 g/mol. The number of aliphatic hydroxyl groups is 1. The number of ether oxygens (including phenoxy) is 2. The Balaban J connectivity index is 1.35. The molecule has 2 N–H and O–H groups in total. The first-order chi connectivity index (χ1) is 13.8. The summed E-state index contributed by atoms with van der Waals surface area (Å²) in [6, 6.07) is 13.6. The Morgan fingerprint density at radius 3 is 2.90 bits per heavy atom. The van der Waals surface area contributed by atoms with Gasteiger partial charge in [-0.05, 0) is 26.0 Å². The molecule has 1 atom stereocenters. The van der Waals surface area contributed by atoms with Gasteiger partial charge in [-0.2, -0.15) is 0 Å². The van der Waals surface area contributed by atoms with Crippen molar-refractivity contribution in [2.45, 2.75) is 32.0 Å².